The Morgan fingerprint density at radius 1 is 0.815 bits per heavy atom. The average Bonchev–Trinajstić information content (AvgIpc) is 3.11. The van der Waals surface area contributed by atoms with Crippen molar-refractivity contribution < 1.29 is 4.74 Å². The number of nitrogens with zero attached hydrogens (tertiary/aromatic N) is 6. The van der Waals surface area contributed by atoms with E-state index in [1.54, 1.807) is 29.2 Å². The zero-order valence-corrected chi connectivity index (χ0v) is 14.2. The zero-order valence-electron chi connectivity index (χ0n) is 14.2. The van der Waals surface area contributed by atoms with Crippen LogP contribution < -0.4 is 4.74 Å². The first-order valence-electron chi connectivity index (χ1n) is 8.48. The molecule has 27 heavy (non-hydrogen) atoms. The highest BCUT2D eigenvalue weighted by atomic mass is 16.5. The molecule has 7 nitrogen and oxygen atoms in total. The lowest BCUT2D eigenvalue weighted by Crippen LogP contribution is -2.03. The van der Waals surface area contributed by atoms with E-state index in [1.807, 2.05) is 42.5 Å². The van der Waals surface area contributed by atoms with Crippen LogP contribution in [0, 0.1) is 0 Å². The van der Waals surface area contributed by atoms with Crippen molar-refractivity contribution in [1.82, 2.24) is 29.9 Å². The smallest absolute Gasteiger partial charge is 0.223 e. The maximum Gasteiger partial charge on any atom is 0.223 e. The minimum absolute atomic E-state index is 0.451. The molecule has 4 aromatic heterocycles. The number of benzene rings is 1. The lowest BCUT2D eigenvalue weighted by molar-refractivity contribution is 0.445. The Balaban J connectivity index is 1.48. The van der Waals surface area contributed by atoms with Gasteiger partial charge in [-0.2, -0.15) is 4.98 Å². The van der Waals surface area contributed by atoms with Crippen molar-refractivity contribution in [3.05, 3.63) is 78.6 Å². The van der Waals surface area contributed by atoms with Gasteiger partial charge in [-0.05, 0) is 35.9 Å². The number of hydrogen-bond donors (Lipinski definition) is 0. The van der Waals surface area contributed by atoms with Crippen LogP contribution in [0.15, 0.2) is 73.1 Å². The van der Waals surface area contributed by atoms with Gasteiger partial charge in [-0.3, -0.25) is 4.98 Å². The number of fused-ring (bicyclic) bond motifs is 2. The van der Waals surface area contributed by atoms with Gasteiger partial charge in [0.1, 0.15) is 5.52 Å². The molecule has 5 rings (SSSR count). The van der Waals surface area contributed by atoms with Gasteiger partial charge in [0.15, 0.2) is 5.65 Å². The van der Waals surface area contributed by atoms with Crippen molar-refractivity contribution in [2.24, 2.45) is 0 Å². The second kappa shape index (κ2) is 6.45. The molecular weight excluding hydrogens is 340 g/mol. The van der Waals surface area contributed by atoms with Crippen LogP contribution in [0.25, 0.3) is 22.1 Å². The van der Waals surface area contributed by atoms with Crippen LogP contribution in [-0.2, 0) is 6.54 Å². The molecule has 5 aromatic rings. The molecule has 0 aliphatic rings. The standard InChI is InChI=1S/C20H14N6O/c1-2-10-22-18(5-1)27-19-9-8-17-20(23-19)26(25-24-17)13-14-6-7-16-15(12-14)4-3-11-21-16/h1-12H,13H2. The third kappa shape index (κ3) is 3.06. The van der Waals surface area contributed by atoms with Gasteiger partial charge < -0.3 is 4.74 Å². The summed E-state index contributed by atoms with van der Waals surface area (Å²) in [5.74, 6) is 0.942. The first-order chi connectivity index (χ1) is 13.3. The molecule has 0 aliphatic carbocycles. The van der Waals surface area contributed by atoms with Crippen LogP contribution >= 0.6 is 0 Å². The molecule has 7 heteroatoms. The normalized spacial score (nSPS) is 11.1. The van der Waals surface area contributed by atoms with E-state index in [2.05, 4.69) is 31.3 Å². The third-order valence-corrected chi connectivity index (χ3v) is 4.18. The van der Waals surface area contributed by atoms with Gasteiger partial charge in [-0.25, -0.2) is 9.67 Å². The van der Waals surface area contributed by atoms with Gasteiger partial charge >= 0.3 is 0 Å². The van der Waals surface area contributed by atoms with E-state index in [9.17, 15) is 0 Å². The van der Waals surface area contributed by atoms with Gasteiger partial charge in [0.2, 0.25) is 11.8 Å². The summed E-state index contributed by atoms with van der Waals surface area (Å²) in [7, 11) is 0. The summed E-state index contributed by atoms with van der Waals surface area (Å²) in [4.78, 5) is 13.1. The SMILES string of the molecule is c1ccc(Oc2ccc3nnn(Cc4ccc5ncccc5c4)c3n2)nc1. The molecule has 0 saturated heterocycles. The highest BCUT2D eigenvalue weighted by Gasteiger charge is 2.10. The molecule has 0 fully saturated rings. The second-order valence-corrected chi connectivity index (χ2v) is 6.04. The predicted molar refractivity (Wildman–Crippen MR) is 100 cm³/mol. The van der Waals surface area contributed by atoms with Crippen molar-refractivity contribution in [3.63, 3.8) is 0 Å². The predicted octanol–water partition coefficient (Wildman–Crippen LogP) is 3.61. The molecule has 0 radical (unpaired) electrons. The molecule has 1 aromatic carbocycles. The van der Waals surface area contributed by atoms with E-state index in [0.717, 1.165) is 16.5 Å². The van der Waals surface area contributed by atoms with Crippen molar-refractivity contribution in [2.45, 2.75) is 6.54 Å². The fourth-order valence-corrected chi connectivity index (χ4v) is 2.91. The fourth-order valence-electron chi connectivity index (χ4n) is 2.91. The Morgan fingerprint density at radius 2 is 1.74 bits per heavy atom. The van der Waals surface area contributed by atoms with Crippen LogP contribution in [0.5, 0.6) is 11.8 Å². The summed E-state index contributed by atoms with van der Waals surface area (Å²) < 4.78 is 7.48. The molecule has 0 bridgehead atoms. The quantitative estimate of drug-likeness (QED) is 0.490. The highest BCUT2D eigenvalue weighted by Crippen LogP contribution is 2.21. The Hall–Kier alpha value is -3.87. The molecule has 4 heterocycles. The Bertz CT molecular complexity index is 1240. The Morgan fingerprint density at radius 3 is 2.67 bits per heavy atom. The number of rotatable bonds is 4. The maximum absolute atomic E-state index is 5.72. The summed E-state index contributed by atoms with van der Waals surface area (Å²) in [6.07, 6.45) is 3.47. The van der Waals surface area contributed by atoms with E-state index in [1.165, 1.54) is 0 Å². The molecule has 0 saturated carbocycles. The van der Waals surface area contributed by atoms with Gasteiger partial charge in [0, 0.05) is 29.9 Å². The second-order valence-electron chi connectivity index (χ2n) is 6.04. The van der Waals surface area contributed by atoms with Crippen molar-refractivity contribution in [1.29, 1.82) is 0 Å². The molecule has 0 aliphatic heterocycles. The molecular formula is C20H14N6O. The van der Waals surface area contributed by atoms with Crippen LogP contribution in [-0.4, -0.2) is 29.9 Å². The van der Waals surface area contributed by atoms with E-state index < -0.39 is 0 Å². The van der Waals surface area contributed by atoms with Crippen molar-refractivity contribution >= 4 is 22.1 Å². The third-order valence-electron chi connectivity index (χ3n) is 4.18. The fraction of sp³-hybridized carbons (Fsp3) is 0.0500. The van der Waals surface area contributed by atoms with Crippen LogP contribution in [0.2, 0.25) is 0 Å². The summed E-state index contributed by atoms with van der Waals surface area (Å²) >= 11 is 0. The Kier molecular flexibility index (Phi) is 3.68. The number of aromatic nitrogens is 6. The molecule has 0 spiro atoms. The van der Waals surface area contributed by atoms with E-state index in [0.29, 0.717) is 29.5 Å². The number of hydrogen-bond acceptors (Lipinski definition) is 6. The first-order valence-corrected chi connectivity index (χ1v) is 8.48. The average molecular weight is 354 g/mol. The van der Waals surface area contributed by atoms with E-state index in [-0.39, 0.29) is 0 Å². The van der Waals surface area contributed by atoms with Gasteiger partial charge in [-0.15, -0.1) is 5.10 Å². The Labute approximate surface area is 154 Å². The van der Waals surface area contributed by atoms with Gasteiger partial charge in [-0.1, -0.05) is 23.4 Å². The van der Waals surface area contributed by atoms with Crippen LogP contribution in [0.1, 0.15) is 5.56 Å². The molecule has 0 unspecified atom stereocenters. The minimum Gasteiger partial charge on any atom is -0.421 e. The van der Waals surface area contributed by atoms with Crippen LogP contribution in [0.3, 0.4) is 0 Å². The molecule has 130 valence electrons. The van der Waals surface area contributed by atoms with Crippen LogP contribution in [0.4, 0.5) is 0 Å². The molecule has 0 N–H and O–H groups in total. The van der Waals surface area contributed by atoms with E-state index in [4.69, 9.17) is 4.74 Å². The highest BCUT2D eigenvalue weighted by molar-refractivity contribution is 5.79. The summed E-state index contributed by atoms with van der Waals surface area (Å²) in [5.41, 5.74) is 3.44. The minimum atomic E-state index is 0.451. The molecule has 0 atom stereocenters. The first kappa shape index (κ1) is 15.4. The largest absolute Gasteiger partial charge is 0.421 e. The van der Waals surface area contributed by atoms with Crippen molar-refractivity contribution in [3.8, 4) is 11.8 Å². The molecule has 0 amide bonds. The number of ether oxygens (including phenoxy) is 1. The monoisotopic (exact) mass is 354 g/mol. The maximum atomic E-state index is 5.72. The summed E-state index contributed by atoms with van der Waals surface area (Å²) in [5, 5.41) is 9.52. The van der Waals surface area contributed by atoms with Gasteiger partial charge in [0.25, 0.3) is 0 Å². The summed E-state index contributed by atoms with van der Waals surface area (Å²) in [6.45, 7) is 0.557. The van der Waals surface area contributed by atoms with Gasteiger partial charge in [0.05, 0.1) is 12.1 Å². The lowest BCUT2D eigenvalue weighted by atomic mass is 10.1. The summed E-state index contributed by atoms with van der Waals surface area (Å²) in [6, 6.07) is 19.2. The topological polar surface area (TPSA) is 78.6 Å². The zero-order chi connectivity index (χ0) is 18.1. The van der Waals surface area contributed by atoms with Crippen molar-refractivity contribution in [2.75, 3.05) is 0 Å². The van der Waals surface area contributed by atoms with E-state index >= 15 is 0 Å². The number of pyridine rings is 3. The lowest BCUT2D eigenvalue weighted by Gasteiger charge is -2.06.